The Bertz CT molecular complexity index is 73.8. The first-order valence-corrected chi connectivity index (χ1v) is 2.02. The minimum atomic E-state index is -0.236. The van der Waals surface area contributed by atoms with Crippen molar-refractivity contribution in [3.05, 3.63) is 7.11 Å². The Morgan fingerprint density at radius 2 is 2.86 bits per heavy atom. The van der Waals surface area contributed by atoms with Crippen LogP contribution in [-0.4, -0.2) is 12.5 Å². The molecule has 0 fully saturated rings. The molecule has 0 bridgehead atoms. The van der Waals surface area contributed by atoms with Gasteiger partial charge in [0, 0.05) is 0 Å². The molecule has 3 heteroatoms. The van der Waals surface area contributed by atoms with Gasteiger partial charge >= 0.3 is 0 Å². The maximum absolute atomic E-state index is 4.59. The summed E-state index contributed by atoms with van der Waals surface area (Å²) in [6.07, 6.45) is 2.12. The molecule has 7 heavy (non-hydrogen) atoms. The fraction of sp³-hybridized carbons (Fsp3) is 0.500. The maximum Gasteiger partial charge on any atom is 0.231 e. The van der Waals surface area contributed by atoms with Gasteiger partial charge in [-0.2, -0.15) is 0 Å². The Labute approximate surface area is 41.9 Å². The first-order chi connectivity index (χ1) is 3.43. The van der Waals surface area contributed by atoms with Crippen LogP contribution in [0.3, 0.4) is 0 Å². The molecule has 0 saturated carbocycles. The van der Waals surface area contributed by atoms with Gasteiger partial charge in [0.1, 0.15) is 0 Å². The molecule has 0 aromatic heterocycles. The van der Waals surface area contributed by atoms with Crippen molar-refractivity contribution in [2.75, 3.05) is 0 Å². The normalized spacial score (nSPS) is 27.9. The van der Waals surface area contributed by atoms with E-state index < -0.39 is 0 Å². The zero-order valence-electron chi connectivity index (χ0n) is 3.83. The van der Waals surface area contributed by atoms with E-state index in [9.17, 15) is 0 Å². The maximum atomic E-state index is 4.59. The first-order valence-electron chi connectivity index (χ1n) is 2.02. The van der Waals surface area contributed by atoms with Gasteiger partial charge in [0.2, 0.25) is 6.29 Å². The predicted octanol–water partition coefficient (Wildman–Crippen LogP) is 0.527. The molecule has 39 valence electrons. The molecule has 1 aliphatic rings. The molecule has 0 aromatic rings. The highest BCUT2D eigenvalue weighted by Crippen LogP contribution is 2.03. The molecule has 0 aliphatic carbocycles. The van der Waals surface area contributed by atoms with Crippen LogP contribution in [-0.2, 0) is 9.57 Å². The van der Waals surface area contributed by atoms with E-state index in [1.165, 1.54) is 0 Å². The number of rotatable bonds is 1. The highest BCUT2D eigenvalue weighted by molar-refractivity contribution is 5.58. The van der Waals surface area contributed by atoms with Gasteiger partial charge in [0.25, 0.3) is 0 Å². The second-order valence-corrected chi connectivity index (χ2v) is 1.23. The molecule has 0 saturated heterocycles. The van der Waals surface area contributed by atoms with Crippen LogP contribution in [0.25, 0.3) is 0 Å². The van der Waals surface area contributed by atoms with E-state index in [2.05, 4.69) is 21.8 Å². The van der Waals surface area contributed by atoms with Crippen LogP contribution in [0.15, 0.2) is 5.16 Å². The Morgan fingerprint density at radius 3 is 3.14 bits per heavy atom. The zero-order chi connectivity index (χ0) is 5.11. The summed E-state index contributed by atoms with van der Waals surface area (Å²) in [6.45, 7) is 0. The van der Waals surface area contributed by atoms with E-state index >= 15 is 0 Å². The molecule has 3 nitrogen and oxygen atoms in total. The van der Waals surface area contributed by atoms with Crippen molar-refractivity contribution in [1.82, 2.24) is 0 Å². The molecule has 0 aromatic carbocycles. The van der Waals surface area contributed by atoms with Gasteiger partial charge in [-0.15, -0.1) is 0 Å². The number of oxime groups is 1. The van der Waals surface area contributed by atoms with Crippen LogP contribution >= 0.6 is 0 Å². The smallest absolute Gasteiger partial charge is 0.231 e. The Kier molecular flexibility index (Phi) is 1.26. The minimum Gasteiger partial charge on any atom is -0.364 e. The van der Waals surface area contributed by atoms with E-state index in [0.717, 1.165) is 0 Å². The van der Waals surface area contributed by atoms with Crippen LogP contribution in [0.1, 0.15) is 6.42 Å². The van der Waals surface area contributed by atoms with Crippen LogP contribution in [0.2, 0.25) is 0 Å². The molecule has 1 rings (SSSR count). The summed E-state index contributed by atoms with van der Waals surface area (Å²) in [5.74, 6) is 0. The van der Waals surface area contributed by atoms with E-state index in [1.807, 2.05) is 0 Å². The standard InChI is InChI=1S/C4H6NO2/c1-6-4-2-3-5-7-4/h3-4H,1-2H2. The first kappa shape index (κ1) is 4.59. The molecule has 1 radical (unpaired) electrons. The van der Waals surface area contributed by atoms with Crippen molar-refractivity contribution in [3.63, 3.8) is 0 Å². The van der Waals surface area contributed by atoms with E-state index in [4.69, 9.17) is 0 Å². The summed E-state index contributed by atoms with van der Waals surface area (Å²) in [7, 11) is 3.16. The SMILES string of the molecule is [CH2]OC1CC=NO1. The van der Waals surface area contributed by atoms with Crippen molar-refractivity contribution in [3.8, 4) is 0 Å². The third kappa shape index (κ3) is 0.899. The van der Waals surface area contributed by atoms with Gasteiger partial charge in [-0.1, -0.05) is 5.16 Å². The van der Waals surface area contributed by atoms with Crippen molar-refractivity contribution in [1.29, 1.82) is 0 Å². The van der Waals surface area contributed by atoms with E-state index in [0.29, 0.717) is 6.42 Å². The second-order valence-electron chi connectivity index (χ2n) is 1.23. The van der Waals surface area contributed by atoms with Crippen LogP contribution < -0.4 is 0 Å². The lowest BCUT2D eigenvalue weighted by Crippen LogP contribution is -2.04. The summed E-state index contributed by atoms with van der Waals surface area (Å²) < 4.78 is 4.51. The van der Waals surface area contributed by atoms with E-state index in [1.54, 1.807) is 6.21 Å². The number of ether oxygens (including phenoxy) is 1. The van der Waals surface area contributed by atoms with Crippen LogP contribution in [0, 0.1) is 7.11 Å². The lowest BCUT2D eigenvalue weighted by molar-refractivity contribution is -0.0876. The molecule has 1 atom stereocenters. The van der Waals surface area contributed by atoms with Gasteiger partial charge in [-0.3, -0.25) is 0 Å². The van der Waals surface area contributed by atoms with Gasteiger partial charge in [-0.05, 0) is 0 Å². The van der Waals surface area contributed by atoms with Gasteiger partial charge in [0.05, 0.1) is 19.7 Å². The number of hydrogen-bond donors (Lipinski definition) is 0. The Hall–Kier alpha value is -0.570. The van der Waals surface area contributed by atoms with Crippen molar-refractivity contribution in [2.24, 2.45) is 5.16 Å². The van der Waals surface area contributed by atoms with Crippen LogP contribution in [0.5, 0.6) is 0 Å². The molecule has 1 aliphatic heterocycles. The fourth-order valence-corrected chi connectivity index (χ4v) is 0.382. The van der Waals surface area contributed by atoms with Gasteiger partial charge in [0.15, 0.2) is 0 Å². The highest BCUT2D eigenvalue weighted by atomic mass is 16.8. The third-order valence-corrected chi connectivity index (χ3v) is 0.737. The largest absolute Gasteiger partial charge is 0.364 e. The number of nitrogens with zero attached hydrogens (tertiary/aromatic N) is 1. The summed E-state index contributed by atoms with van der Waals surface area (Å²) in [4.78, 5) is 4.59. The second kappa shape index (κ2) is 1.93. The minimum absolute atomic E-state index is 0.236. The summed E-state index contributed by atoms with van der Waals surface area (Å²) in [5, 5.41) is 3.45. The lowest BCUT2D eigenvalue weighted by atomic mass is 10.5. The van der Waals surface area contributed by atoms with Crippen LogP contribution in [0.4, 0.5) is 0 Å². The molecule has 1 heterocycles. The quantitative estimate of drug-likeness (QED) is 0.481. The summed E-state index contributed by atoms with van der Waals surface area (Å²) in [6, 6.07) is 0. The van der Waals surface area contributed by atoms with Crippen molar-refractivity contribution in [2.45, 2.75) is 12.7 Å². The molecular formula is C4H6NO2. The molecular weight excluding hydrogens is 94.0 g/mol. The third-order valence-electron chi connectivity index (χ3n) is 0.737. The Balaban J connectivity index is 2.22. The van der Waals surface area contributed by atoms with Crippen molar-refractivity contribution >= 4 is 6.21 Å². The van der Waals surface area contributed by atoms with Crippen molar-refractivity contribution < 1.29 is 9.57 Å². The monoisotopic (exact) mass is 100 g/mol. The fourth-order valence-electron chi connectivity index (χ4n) is 0.382. The number of hydrogen-bond acceptors (Lipinski definition) is 3. The molecule has 1 unspecified atom stereocenters. The zero-order valence-corrected chi connectivity index (χ0v) is 3.83. The van der Waals surface area contributed by atoms with Gasteiger partial charge < -0.3 is 9.57 Å². The average Bonchev–Trinajstić information content (AvgIpc) is 2.14. The molecule has 0 spiro atoms. The Morgan fingerprint density at radius 1 is 2.00 bits per heavy atom. The lowest BCUT2D eigenvalue weighted by Gasteiger charge is -2.01. The summed E-state index contributed by atoms with van der Waals surface area (Å²) >= 11 is 0. The molecule has 0 N–H and O–H groups in total. The van der Waals surface area contributed by atoms with E-state index in [-0.39, 0.29) is 6.29 Å². The van der Waals surface area contributed by atoms with Gasteiger partial charge in [-0.25, -0.2) is 0 Å². The average molecular weight is 100 g/mol. The summed E-state index contributed by atoms with van der Waals surface area (Å²) in [5.41, 5.74) is 0. The topological polar surface area (TPSA) is 30.8 Å². The predicted molar refractivity (Wildman–Crippen MR) is 24.4 cm³/mol. The molecule has 0 amide bonds. The highest BCUT2D eigenvalue weighted by Gasteiger charge is 2.09.